The molecule has 0 unspecified atom stereocenters. The van der Waals surface area contributed by atoms with Gasteiger partial charge < -0.3 is 15.2 Å². The van der Waals surface area contributed by atoms with Crippen molar-refractivity contribution in [2.75, 3.05) is 33.1 Å². The number of carbonyl (C=O) groups excluding carboxylic acids is 2. The average Bonchev–Trinajstić information content (AvgIpc) is 3.01. The highest BCUT2D eigenvalue weighted by Crippen LogP contribution is 2.30. The zero-order valence-corrected chi connectivity index (χ0v) is 14.5. The lowest BCUT2D eigenvalue weighted by atomic mass is 10.2. The molecule has 0 saturated carbocycles. The molecule has 132 valence electrons. The van der Waals surface area contributed by atoms with E-state index in [1.54, 1.807) is 30.8 Å². The number of benzene rings is 1. The lowest BCUT2D eigenvalue weighted by Gasteiger charge is -2.29. The van der Waals surface area contributed by atoms with Crippen LogP contribution in [-0.4, -0.2) is 61.2 Å². The molecule has 9 heteroatoms. The average molecular weight is 354 g/mol. The number of primary amides is 1. The molecule has 0 aliphatic carbocycles. The number of hydrazine groups is 1. The smallest absolute Gasteiger partial charge is 0.261 e. The third-order valence-electron chi connectivity index (χ3n) is 3.58. The Morgan fingerprint density at radius 3 is 2.75 bits per heavy atom. The van der Waals surface area contributed by atoms with Gasteiger partial charge in [-0.15, -0.1) is 11.8 Å². The predicted octanol–water partition coefficient (Wildman–Crippen LogP) is -0.447. The minimum atomic E-state index is -1.04. The molecule has 1 fully saturated rings. The first-order valence-corrected chi connectivity index (χ1v) is 8.52. The van der Waals surface area contributed by atoms with E-state index in [1.807, 2.05) is 24.3 Å². The number of thioether (sulfide) groups is 1. The minimum Gasteiger partial charge on any atom is -0.493 e. The van der Waals surface area contributed by atoms with Crippen LogP contribution < -0.4 is 26.1 Å². The van der Waals surface area contributed by atoms with Crippen LogP contribution in [0, 0.1) is 0 Å². The van der Waals surface area contributed by atoms with Crippen molar-refractivity contribution >= 4 is 23.6 Å². The summed E-state index contributed by atoms with van der Waals surface area (Å²) in [7, 11) is 3.13. The van der Waals surface area contributed by atoms with Gasteiger partial charge in [-0.25, -0.2) is 5.43 Å². The van der Waals surface area contributed by atoms with E-state index in [0.29, 0.717) is 24.7 Å². The summed E-state index contributed by atoms with van der Waals surface area (Å²) in [6, 6.07) is 6.28. The summed E-state index contributed by atoms with van der Waals surface area (Å²) in [5.74, 6) is 0.868. The Morgan fingerprint density at radius 2 is 2.12 bits per heavy atom. The first-order valence-electron chi connectivity index (χ1n) is 7.47. The molecule has 1 saturated heterocycles. The molecule has 0 bridgehead atoms. The molecule has 1 aromatic carbocycles. The van der Waals surface area contributed by atoms with E-state index in [9.17, 15) is 9.59 Å². The molecule has 0 aromatic heterocycles. The number of ether oxygens (including phenoxy) is 2. The molecule has 1 aromatic rings. The molecule has 0 spiro atoms. The minimum absolute atomic E-state index is 0.157. The fourth-order valence-corrected chi connectivity index (χ4v) is 3.68. The monoisotopic (exact) mass is 354 g/mol. The highest BCUT2D eigenvalue weighted by molar-refractivity contribution is 8.00. The second-order valence-corrected chi connectivity index (χ2v) is 6.36. The van der Waals surface area contributed by atoms with Crippen LogP contribution in [-0.2, 0) is 9.59 Å². The Kier molecular flexibility index (Phi) is 6.71. The summed E-state index contributed by atoms with van der Waals surface area (Å²) in [4.78, 5) is 25.6. The second-order valence-electron chi connectivity index (χ2n) is 5.07. The maximum atomic E-state index is 12.1. The van der Waals surface area contributed by atoms with Crippen LogP contribution in [0.3, 0.4) is 0 Å². The van der Waals surface area contributed by atoms with Crippen molar-refractivity contribution in [3.63, 3.8) is 0 Å². The third kappa shape index (κ3) is 4.31. The van der Waals surface area contributed by atoms with Crippen LogP contribution in [0.25, 0.3) is 0 Å². The van der Waals surface area contributed by atoms with Crippen LogP contribution in [0.1, 0.15) is 0 Å². The van der Waals surface area contributed by atoms with E-state index in [0.717, 1.165) is 5.75 Å². The SMILES string of the molecule is CNNC(=O)[C@H](C(N)=O)N1CCS[C@@H]1COc1ccccc1OC. The van der Waals surface area contributed by atoms with Gasteiger partial charge in [0.2, 0.25) is 5.91 Å². The van der Waals surface area contributed by atoms with Gasteiger partial charge in [-0.3, -0.25) is 19.9 Å². The van der Waals surface area contributed by atoms with Gasteiger partial charge in [-0.1, -0.05) is 12.1 Å². The summed E-state index contributed by atoms with van der Waals surface area (Å²) < 4.78 is 11.1. The first-order chi connectivity index (χ1) is 11.6. The van der Waals surface area contributed by atoms with E-state index in [-0.39, 0.29) is 5.37 Å². The highest BCUT2D eigenvalue weighted by Gasteiger charge is 2.39. The van der Waals surface area contributed by atoms with Crippen molar-refractivity contribution in [2.24, 2.45) is 5.73 Å². The molecule has 2 amide bonds. The number of hydrogen-bond acceptors (Lipinski definition) is 7. The van der Waals surface area contributed by atoms with Gasteiger partial charge in [0.25, 0.3) is 5.91 Å². The molecule has 1 heterocycles. The number of methoxy groups -OCH3 is 1. The van der Waals surface area contributed by atoms with Crippen LogP contribution in [0.4, 0.5) is 0 Å². The van der Waals surface area contributed by atoms with Crippen LogP contribution >= 0.6 is 11.8 Å². The Balaban J connectivity index is 2.06. The number of para-hydroxylation sites is 2. The van der Waals surface area contributed by atoms with Gasteiger partial charge in [0.05, 0.1) is 12.5 Å². The summed E-state index contributed by atoms with van der Waals surface area (Å²) in [5.41, 5.74) is 10.4. The number of rotatable bonds is 8. The van der Waals surface area contributed by atoms with Gasteiger partial charge in [0.1, 0.15) is 6.61 Å². The molecule has 1 aliphatic rings. The van der Waals surface area contributed by atoms with Gasteiger partial charge in [-0.05, 0) is 12.1 Å². The summed E-state index contributed by atoms with van der Waals surface area (Å²) in [6.07, 6.45) is 0. The molecule has 4 N–H and O–H groups in total. The van der Waals surface area contributed by atoms with Gasteiger partial charge >= 0.3 is 0 Å². The molecule has 1 aliphatic heterocycles. The van der Waals surface area contributed by atoms with E-state index >= 15 is 0 Å². The van der Waals surface area contributed by atoms with Gasteiger partial charge in [0, 0.05) is 19.3 Å². The Bertz CT molecular complexity index is 586. The quantitative estimate of drug-likeness (QED) is 0.429. The topological polar surface area (TPSA) is 106 Å². The Labute approximate surface area is 145 Å². The highest BCUT2D eigenvalue weighted by atomic mass is 32.2. The van der Waals surface area contributed by atoms with Crippen LogP contribution in [0.5, 0.6) is 11.5 Å². The maximum absolute atomic E-state index is 12.1. The van der Waals surface area contributed by atoms with Crippen molar-refractivity contribution in [3.8, 4) is 11.5 Å². The van der Waals surface area contributed by atoms with Crippen molar-refractivity contribution in [2.45, 2.75) is 11.4 Å². The molecule has 8 nitrogen and oxygen atoms in total. The van der Waals surface area contributed by atoms with E-state index in [4.69, 9.17) is 15.2 Å². The van der Waals surface area contributed by atoms with E-state index in [2.05, 4.69) is 10.9 Å². The van der Waals surface area contributed by atoms with Gasteiger partial charge in [0.15, 0.2) is 17.5 Å². The molecule has 0 radical (unpaired) electrons. The van der Waals surface area contributed by atoms with Crippen molar-refractivity contribution < 1.29 is 19.1 Å². The van der Waals surface area contributed by atoms with E-state index < -0.39 is 17.9 Å². The number of amides is 2. The normalized spacial score (nSPS) is 18.8. The summed E-state index contributed by atoms with van der Waals surface area (Å²) in [6.45, 7) is 0.886. The van der Waals surface area contributed by atoms with Crippen LogP contribution in [0.15, 0.2) is 24.3 Å². The van der Waals surface area contributed by atoms with Crippen molar-refractivity contribution in [1.82, 2.24) is 15.8 Å². The first kappa shape index (κ1) is 18.4. The fourth-order valence-electron chi connectivity index (χ4n) is 2.51. The zero-order chi connectivity index (χ0) is 17.5. The fraction of sp³-hybridized carbons (Fsp3) is 0.467. The zero-order valence-electron chi connectivity index (χ0n) is 13.7. The van der Waals surface area contributed by atoms with Crippen molar-refractivity contribution in [3.05, 3.63) is 24.3 Å². The van der Waals surface area contributed by atoms with Crippen molar-refractivity contribution in [1.29, 1.82) is 0 Å². The molecular weight excluding hydrogens is 332 g/mol. The van der Waals surface area contributed by atoms with E-state index in [1.165, 1.54) is 0 Å². The summed E-state index contributed by atoms with van der Waals surface area (Å²) >= 11 is 1.62. The standard InChI is InChI=1S/C15H22N4O4S/c1-17-18-15(21)13(14(16)20)19-7-8-24-12(19)9-23-11-6-4-3-5-10(11)22-2/h3-6,12-13,17H,7-9H2,1-2H3,(H2,16,20)(H,18,21)/t12-,13+/m1/s1. The number of nitrogens with two attached hydrogens (primary N) is 1. The molecular formula is C15H22N4O4S. The number of nitrogens with one attached hydrogen (secondary N) is 2. The summed E-state index contributed by atoms with van der Waals surface area (Å²) in [5, 5.41) is -0.157. The molecule has 2 rings (SSSR count). The maximum Gasteiger partial charge on any atom is 0.261 e. The lowest BCUT2D eigenvalue weighted by Crippen LogP contribution is -2.57. The molecule has 24 heavy (non-hydrogen) atoms. The Morgan fingerprint density at radius 1 is 1.42 bits per heavy atom. The predicted molar refractivity (Wildman–Crippen MR) is 91.6 cm³/mol. The number of nitrogens with zero attached hydrogens (tertiary/aromatic N) is 1. The largest absolute Gasteiger partial charge is 0.493 e. The Hall–Kier alpha value is -1.97. The van der Waals surface area contributed by atoms with Crippen LogP contribution in [0.2, 0.25) is 0 Å². The molecule has 2 atom stereocenters. The number of carbonyl (C=O) groups is 2. The lowest BCUT2D eigenvalue weighted by molar-refractivity contribution is -0.136. The second kappa shape index (κ2) is 8.76. The van der Waals surface area contributed by atoms with Gasteiger partial charge in [-0.2, -0.15) is 0 Å². The third-order valence-corrected chi connectivity index (χ3v) is 4.79. The number of hydrogen-bond donors (Lipinski definition) is 3.